The third-order valence-corrected chi connectivity index (χ3v) is 6.49. The number of H-pyrrole nitrogens is 1. The van der Waals surface area contributed by atoms with Gasteiger partial charge in [0, 0.05) is 0 Å². The summed E-state index contributed by atoms with van der Waals surface area (Å²) in [6.07, 6.45) is -2.54. The van der Waals surface area contributed by atoms with Gasteiger partial charge in [0.1, 0.15) is 0 Å². The van der Waals surface area contributed by atoms with Gasteiger partial charge in [-0.15, -0.1) is 0 Å². The molecule has 0 unspecified atom stereocenters. The molecule has 0 radical (unpaired) electrons. The van der Waals surface area contributed by atoms with E-state index in [9.17, 15) is 40.8 Å². The monoisotopic (exact) mass is 490 g/mol. The van der Waals surface area contributed by atoms with Crippen LogP contribution in [-0.4, -0.2) is 33.3 Å². The zero-order chi connectivity index (χ0) is 23.4. The van der Waals surface area contributed by atoms with Crippen molar-refractivity contribution in [2.45, 2.75) is 31.5 Å². The number of ether oxygens (including phenoxy) is 1. The van der Waals surface area contributed by atoms with E-state index in [2.05, 4.69) is 0 Å². The SMILES string of the molecule is O=c1[nH]c(=O)n([C@H]2C[C@@H]3O[PH](O)(OCc4c(F)c(F)c(F)c(F)c4F)OC[C@H]3O2)cc1F. The van der Waals surface area contributed by atoms with Crippen LogP contribution in [0.4, 0.5) is 26.3 Å². The summed E-state index contributed by atoms with van der Waals surface area (Å²) < 4.78 is 102. The van der Waals surface area contributed by atoms with E-state index in [1.165, 1.54) is 0 Å². The summed E-state index contributed by atoms with van der Waals surface area (Å²) in [5.41, 5.74) is -3.55. The number of nitrogens with zero attached hydrogens (tertiary/aromatic N) is 1. The maximum absolute atomic E-state index is 13.8. The molecule has 1 aromatic heterocycles. The number of hydrogen-bond donors (Lipinski definition) is 2. The first kappa shape index (κ1) is 22.9. The third-order valence-electron chi connectivity index (χ3n) is 4.84. The molecule has 2 fully saturated rings. The Labute approximate surface area is 173 Å². The van der Waals surface area contributed by atoms with Gasteiger partial charge in [0.2, 0.25) is 0 Å². The Bertz CT molecular complexity index is 1160. The van der Waals surface area contributed by atoms with Crippen LogP contribution in [-0.2, 0) is 24.9 Å². The molecule has 0 aliphatic carbocycles. The number of nitrogens with one attached hydrogen (secondary N) is 1. The summed E-state index contributed by atoms with van der Waals surface area (Å²) in [6, 6.07) is 0. The molecule has 4 rings (SSSR count). The molecule has 0 bridgehead atoms. The molecule has 2 aromatic rings. The van der Waals surface area contributed by atoms with Gasteiger partial charge in [-0.25, -0.2) is 0 Å². The Balaban J connectivity index is 1.48. The van der Waals surface area contributed by atoms with Gasteiger partial charge >= 0.3 is 173 Å². The van der Waals surface area contributed by atoms with Gasteiger partial charge in [-0.3, -0.25) is 0 Å². The minimum atomic E-state index is -4.63. The molecule has 9 nitrogen and oxygen atoms in total. The molecular formula is C16H13F6N2O7P. The quantitative estimate of drug-likeness (QED) is 0.291. The Kier molecular flexibility index (Phi) is 5.90. The van der Waals surface area contributed by atoms with E-state index in [-0.39, 0.29) is 13.0 Å². The van der Waals surface area contributed by atoms with Gasteiger partial charge in [-0.2, -0.15) is 0 Å². The molecule has 0 saturated carbocycles. The fraction of sp³-hybridized carbons (Fsp3) is 0.375. The molecule has 2 aliphatic heterocycles. The Morgan fingerprint density at radius 1 is 1.06 bits per heavy atom. The third kappa shape index (κ3) is 3.95. The minimum absolute atomic E-state index is 0.152. The van der Waals surface area contributed by atoms with E-state index in [1.807, 2.05) is 0 Å². The molecular weight excluding hydrogens is 477 g/mol. The molecule has 16 heteroatoms. The number of halogens is 6. The molecule has 3 heterocycles. The summed E-state index contributed by atoms with van der Waals surface area (Å²) in [4.78, 5) is 35.1. The van der Waals surface area contributed by atoms with E-state index < -0.39 is 84.9 Å². The van der Waals surface area contributed by atoms with E-state index in [0.717, 1.165) is 4.57 Å². The number of fused-ring (bicyclic) bond motifs is 1. The summed E-state index contributed by atoms with van der Waals surface area (Å²) in [7, 11) is -4.63. The van der Waals surface area contributed by atoms with Crippen molar-refractivity contribution in [2.75, 3.05) is 6.61 Å². The van der Waals surface area contributed by atoms with Crippen LogP contribution in [0.5, 0.6) is 0 Å². The van der Waals surface area contributed by atoms with Crippen LogP contribution in [0.2, 0.25) is 0 Å². The molecule has 2 aliphatic rings. The van der Waals surface area contributed by atoms with Crippen molar-refractivity contribution < 1.29 is 49.5 Å². The molecule has 3 atom stereocenters. The second-order valence-electron chi connectivity index (χ2n) is 6.84. The summed E-state index contributed by atoms with van der Waals surface area (Å²) in [6.45, 7) is -1.65. The molecule has 0 spiro atoms. The second kappa shape index (κ2) is 8.24. The van der Waals surface area contributed by atoms with Crippen molar-refractivity contribution in [1.29, 1.82) is 0 Å². The maximum atomic E-state index is 13.8. The van der Waals surface area contributed by atoms with E-state index in [4.69, 9.17) is 18.3 Å². The van der Waals surface area contributed by atoms with Gasteiger partial charge < -0.3 is 0 Å². The Morgan fingerprint density at radius 3 is 2.34 bits per heavy atom. The standard InChI is InChI=1S/C16H13F6N2O7P/c17-6-2-24(16(26)23-15(6)25)9-1-7-8(30-9)4-29-32(27,31-7)28-3-5-10(18)12(20)14(22)13(21)11(5)19/h2,7-9,27,32H,1,3-4H2,(H,23,25,26)/t7-,8+,9+/m0/s1. The van der Waals surface area contributed by atoms with Crippen molar-refractivity contribution >= 4 is 8.17 Å². The molecule has 176 valence electrons. The van der Waals surface area contributed by atoms with E-state index >= 15 is 0 Å². The number of aromatic amines is 1. The first-order chi connectivity index (χ1) is 15.0. The molecule has 1 aromatic carbocycles. The normalized spacial score (nSPS) is 25.5. The summed E-state index contributed by atoms with van der Waals surface area (Å²) in [5.74, 6) is -12.3. The molecule has 32 heavy (non-hydrogen) atoms. The summed E-state index contributed by atoms with van der Waals surface area (Å²) >= 11 is 0. The van der Waals surface area contributed by atoms with Crippen LogP contribution in [0.1, 0.15) is 18.2 Å². The second-order valence-corrected chi connectivity index (χ2v) is 8.70. The Morgan fingerprint density at radius 2 is 1.69 bits per heavy atom. The predicted molar refractivity (Wildman–Crippen MR) is 92.2 cm³/mol. The van der Waals surface area contributed by atoms with Crippen LogP contribution in [0, 0.1) is 34.9 Å². The number of rotatable bonds is 4. The molecule has 0 amide bonds. The topological polar surface area (TPSA) is 112 Å². The van der Waals surface area contributed by atoms with Gasteiger partial charge in [-0.1, -0.05) is 0 Å². The van der Waals surface area contributed by atoms with Crippen LogP contribution >= 0.6 is 8.17 Å². The number of benzene rings is 1. The average molecular weight is 490 g/mol. The average Bonchev–Trinajstić information content (AvgIpc) is 3.15. The molecule has 2 saturated heterocycles. The van der Waals surface area contributed by atoms with E-state index in [0.29, 0.717) is 6.20 Å². The van der Waals surface area contributed by atoms with E-state index in [1.54, 1.807) is 4.98 Å². The summed E-state index contributed by atoms with van der Waals surface area (Å²) in [5, 5.41) is 0. The van der Waals surface area contributed by atoms with Crippen LogP contribution in [0.15, 0.2) is 15.8 Å². The van der Waals surface area contributed by atoms with Crippen molar-refractivity contribution in [3.8, 4) is 0 Å². The Hall–Kier alpha value is -2.29. The van der Waals surface area contributed by atoms with Crippen molar-refractivity contribution in [2.24, 2.45) is 0 Å². The first-order valence-electron chi connectivity index (χ1n) is 8.85. The van der Waals surface area contributed by atoms with Gasteiger partial charge in [0.25, 0.3) is 0 Å². The van der Waals surface area contributed by atoms with Crippen molar-refractivity contribution in [1.82, 2.24) is 9.55 Å². The van der Waals surface area contributed by atoms with Crippen LogP contribution in [0.3, 0.4) is 0 Å². The van der Waals surface area contributed by atoms with Gasteiger partial charge in [0.15, 0.2) is 0 Å². The predicted octanol–water partition coefficient (Wildman–Crippen LogP) is 1.69. The fourth-order valence-corrected chi connectivity index (χ4v) is 4.80. The van der Waals surface area contributed by atoms with Gasteiger partial charge in [-0.05, 0) is 0 Å². The zero-order valence-electron chi connectivity index (χ0n) is 15.5. The molecule has 2 N–H and O–H groups in total. The first-order valence-corrected chi connectivity index (χ1v) is 10.5. The fourth-order valence-electron chi connectivity index (χ4n) is 3.25. The van der Waals surface area contributed by atoms with Gasteiger partial charge in [0.05, 0.1) is 0 Å². The zero-order valence-corrected chi connectivity index (χ0v) is 16.5. The number of aromatic nitrogens is 2. The van der Waals surface area contributed by atoms with Crippen molar-refractivity contribution in [3.63, 3.8) is 0 Å². The van der Waals surface area contributed by atoms with Crippen LogP contribution in [0.25, 0.3) is 0 Å². The van der Waals surface area contributed by atoms with Crippen molar-refractivity contribution in [3.05, 3.63) is 67.5 Å². The van der Waals surface area contributed by atoms with Crippen LogP contribution < -0.4 is 11.2 Å². The number of hydrogen-bond acceptors (Lipinski definition) is 7.